The van der Waals surface area contributed by atoms with Gasteiger partial charge in [-0.1, -0.05) is 6.07 Å². The Labute approximate surface area is 136 Å². The number of hydrogen-bond acceptors (Lipinski definition) is 5. The van der Waals surface area contributed by atoms with E-state index in [1.807, 2.05) is 31.4 Å². The Morgan fingerprint density at radius 1 is 1.41 bits per heavy atom. The molecule has 3 aromatic rings. The Bertz CT molecular complexity index is 914. The van der Waals surface area contributed by atoms with Gasteiger partial charge in [0.25, 0.3) is 5.56 Å². The molecule has 112 valence electrons. The summed E-state index contributed by atoms with van der Waals surface area (Å²) in [5.74, 6) is 0.717. The van der Waals surface area contributed by atoms with E-state index >= 15 is 0 Å². The fraction of sp³-hybridized carbons (Fsp3) is 0.312. The maximum Gasteiger partial charge on any atom is 0.262 e. The van der Waals surface area contributed by atoms with Crippen LogP contribution in [0.2, 0.25) is 0 Å². The summed E-state index contributed by atoms with van der Waals surface area (Å²) in [6.45, 7) is 4.43. The highest BCUT2D eigenvalue weighted by atomic mass is 32.1. The molecule has 0 saturated heterocycles. The van der Waals surface area contributed by atoms with Gasteiger partial charge in [0.1, 0.15) is 10.7 Å². The third kappa shape index (κ3) is 2.47. The van der Waals surface area contributed by atoms with Crippen molar-refractivity contribution in [2.45, 2.75) is 33.2 Å². The Morgan fingerprint density at radius 2 is 2.23 bits per heavy atom. The van der Waals surface area contributed by atoms with Gasteiger partial charge in [0.05, 0.1) is 11.5 Å². The molecule has 0 amide bonds. The second-order valence-corrected chi connectivity index (χ2v) is 7.22. The van der Waals surface area contributed by atoms with Crippen molar-refractivity contribution in [3.63, 3.8) is 0 Å². The first-order valence-corrected chi connectivity index (χ1v) is 8.74. The minimum atomic E-state index is 0.00758. The van der Waals surface area contributed by atoms with Gasteiger partial charge >= 0.3 is 0 Å². The van der Waals surface area contributed by atoms with Gasteiger partial charge < -0.3 is 0 Å². The molecule has 22 heavy (non-hydrogen) atoms. The Balaban J connectivity index is 2.22. The summed E-state index contributed by atoms with van der Waals surface area (Å²) in [6.07, 6.45) is 1.12. The number of nitrogens with zero attached hydrogens (tertiary/aromatic N) is 3. The smallest absolute Gasteiger partial charge is 0.262 e. The monoisotopic (exact) mass is 329 g/mol. The van der Waals surface area contributed by atoms with Gasteiger partial charge in [-0.15, -0.1) is 22.7 Å². The number of rotatable bonds is 4. The number of nitriles is 1. The van der Waals surface area contributed by atoms with E-state index in [0.29, 0.717) is 24.8 Å². The normalized spacial score (nSPS) is 11.0. The molecule has 0 saturated carbocycles. The molecule has 0 radical (unpaired) electrons. The predicted molar refractivity (Wildman–Crippen MR) is 91.5 cm³/mol. The van der Waals surface area contributed by atoms with Crippen LogP contribution < -0.4 is 5.56 Å². The quantitative estimate of drug-likeness (QED) is 0.677. The Morgan fingerprint density at radius 3 is 2.91 bits per heavy atom. The molecule has 0 fully saturated rings. The van der Waals surface area contributed by atoms with E-state index < -0.39 is 0 Å². The molecule has 0 aromatic carbocycles. The zero-order valence-electron chi connectivity index (χ0n) is 12.4. The molecule has 0 N–H and O–H groups in total. The van der Waals surface area contributed by atoms with Crippen LogP contribution in [0, 0.1) is 25.2 Å². The minimum absolute atomic E-state index is 0.00758. The van der Waals surface area contributed by atoms with Crippen molar-refractivity contribution in [3.8, 4) is 16.5 Å². The average Bonchev–Trinajstić information content (AvgIpc) is 3.09. The van der Waals surface area contributed by atoms with E-state index in [0.717, 1.165) is 26.0 Å². The third-order valence-electron chi connectivity index (χ3n) is 3.62. The summed E-state index contributed by atoms with van der Waals surface area (Å²) in [4.78, 5) is 20.6. The van der Waals surface area contributed by atoms with Crippen LogP contribution in [0.4, 0.5) is 0 Å². The summed E-state index contributed by atoms with van der Waals surface area (Å²) in [6, 6.07) is 6.16. The van der Waals surface area contributed by atoms with Crippen molar-refractivity contribution < 1.29 is 0 Å². The van der Waals surface area contributed by atoms with E-state index in [4.69, 9.17) is 5.26 Å². The first kappa shape index (κ1) is 14.9. The molecule has 0 atom stereocenters. The van der Waals surface area contributed by atoms with Gasteiger partial charge in [-0.2, -0.15) is 5.26 Å². The lowest BCUT2D eigenvalue weighted by Crippen LogP contribution is -2.23. The SMILES string of the molecule is Cc1sc2nc(C)n(CCCC#N)c(=O)c2c1-c1cccs1. The van der Waals surface area contributed by atoms with Crippen molar-refractivity contribution in [1.82, 2.24) is 9.55 Å². The first-order chi connectivity index (χ1) is 10.6. The molecule has 6 heteroatoms. The number of aromatic nitrogens is 2. The molecule has 0 unspecified atom stereocenters. The Hall–Kier alpha value is -1.97. The molecular weight excluding hydrogens is 314 g/mol. The number of aryl methyl sites for hydroxylation is 2. The van der Waals surface area contributed by atoms with Crippen molar-refractivity contribution >= 4 is 32.9 Å². The van der Waals surface area contributed by atoms with Crippen molar-refractivity contribution in [2.24, 2.45) is 0 Å². The number of hydrogen-bond donors (Lipinski definition) is 0. The summed E-state index contributed by atoms with van der Waals surface area (Å²) in [5, 5.41) is 11.4. The van der Waals surface area contributed by atoms with Crippen LogP contribution in [0.15, 0.2) is 22.3 Å². The van der Waals surface area contributed by atoms with Gasteiger partial charge in [0, 0.05) is 28.3 Å². The molecule has 0 aliphatic carbocycles. The lowest BCUT2D eigenvalue weighted by molar-refractivity contribution is 0.607. The minimum Gasteiger partial charge on any atom is -0.296 e. The highest BCUT2D eigenvalue weighted by molar-refractivity contribution is 7.20. The number of fused-ring (bicyclic) bond motifs is 1. The molecule has 0 spiro atoms. The lowest BCUT2D eigenvalue weighted by atomic mass is 10.1. The molecule has 4 nitrogen and oxygen atoms in total. The van der Waals surface area contributed by atoms with Gasteiger partial charge in [-0.25, -0.2) is 4.98 Å². The molecule has 0 bridgehead atoms. The van der Waals surface area contributed by atoms with Crippen LogP contribution in [-0.2, 0) is 6.54 Å². The number of unbranched alkanes of at least 4 members (excludes halogenated alkanes) is 1. The highest BCUT2D eigenvalue weighted by Crippen LogP contribution is 2.37. The fourth-order valence-electron chi connectivity index (χ4n) is 2.59. The molecular formula is C16H15N3OS2. The van der Waals surface area contributed by atoms with Gasteiger partial charge in [-0.05, 0) is 31.7 Å². The maximum atomic E-state index is 12.9. The van der Waals surface area contributed by atoms with E-state index in [-0.39, 0.29) is 5.56 Å². The second kappa shape index (κ2) is 6.03. The predicted octanol–water partition coefficient (Wildman–Crippen LogP) is 4.11. The highest BCUT2D eigenvalue weighted by Gasteiger charge is 2.18. The summed E-state index contributed by atoms with van der Waals surface area (Å²) < 4.78 is 1.70. The topological polar surface area (TPSA) is 58.7 Å². The summed E-state index contributed by atoms with van der Waals surface area (Å²) in [7, 11) is 0. The van der Waals surface area contributed by atoms with Crippen LogP contribution in [0.1, 0.15) is 23.5 Å². The van der Waals surface area contributed by atoms with Crippen LogP contribution in [-0.4, -0.2) is 9.55 Å². The van der Waals surface area contributed by atoms with Gasteiger partial charge in [0.15, 0.2) is 0 Å². The summed E-state index contributed by atoms with van der Waals surface area (Å²) >= 11 is 3.21. The van der Waals surface area contributed by atoms with Crippen molar-refractivity contribution in [1.29, 1.82) is 5.26 Å². The van der Waals surface area contributed by atoms with E-state index in [2.05, 4.69) is 11.1 Å². The lowest BCUT2D eigenvalue weighted by Gasteiger charge is -2.08. The zero-order chi connectivity index (χ0) is 15.7. The van der Waals surface area contributed by atoms with E-state index in [1.54, 1.807) is 27.2 Å². The maximum absolute atomic E-state index is 12.9. The average molecular weight is 329 g/mol. The molecule has 3 rings (SSSR count). The third-order valence-corrected chi connectivity index (χ3v) is 5.50. The Kier molecular flexibility index (Phi) is 4.10. The van der Waals surface area contributed by atoms with E-state index in [9.17, 15) is 4.79 Å². The van der Waals surface area contributed by atoms with Crippen LogP contribution >= 0.6 is 22.7 Å². The fourth-order valence-corrected chi connectivity index (χ4v) is 4.57. The zero-order valence-corrected chi connectivity index (χ0v) is 14.1. The molecule has 0 aliphatic heterocycles. The van der Waals surface area contributed by atoms with Crippen LogP contribution in [0.5, 0.6) is 0 Å². The standard InChI is InChI=1S/C16H15N3OS2/c1-10-13(12-6-5-9-21-12)14-15(22-10)18-11(2)19(16(14)20)8-4-3-7-17/h5-6,9H,3-4,8H2,1-2H3. The first-order valence-electron chi connectivity index (χ1n) is 7.05. The van der Waals surface area contributed by atoms with Crippen LogP contribution in [0.3, 0.4) is 0 Å². The largest absolute Gasteiger partial charge is 0.296 e. The number of thiophene rings is 2. The van der Waals surface area contributed by atoms with Crippen molar-refractivity contribution in [2.75, 3.05) is 0 Å². The molecule has 0 aliphatic rings. The molecule has 3 aromatic heterocycles. The molecule has 3 heterocycles. The summed E-state index contributed by atoms with van der Waals surface area (Å²) in [5.41, 5.74) is 1.02. The van der Waals surface area contributed by atoms with Crippen LogP contribution in [0.25, 0.3) is 20.7 Å². The van der Waals surface area contributed by atoms with Gasteiger partial charge in [-0.3, -0.25) is 9.36 Å². The van der Waals surface area contributed by atoms with Gasteiger partial charge in [0.2, 0.25) is 0 Å². The van der Waals surface area contributed by atoms with E-state index in [1.165, 1.54) is 0 Å². The second-order valence-electron chi connectivity index (χ2n) is 5.07. The van der Waals surface area contributed by atoms with Crippen molar-refractivity contribution in [3.05, 3.63) is 38.6 Å².